The van der Waals surface area contributed by atoms with E-state index in [0.29, 0.717) is 17.5 Å². The van der Waals surface area contributed by atoms with E-state index < -0.39 is 5.92 Å². The van der Waals surface area contributed by atoms with Crippen molar-refractivity contribution < 1.29 is 14.3 Å². The van der Waals surface area contributed by atoms with Gasteiger partial charge in [-0.05, 0) is 43.7 Å². The number of rotatable bonds is 6. The standard InChI is InChI=1S/C26H25N5O3S/c1-16-6-4-8-20(10-16)30-14-19(13-24(30)32)25(33)28-23-11-17(2)29-31(23)26-27-22(15-35-26)18-7-5-9-21(12-18)34-3/h4-12,15,19H,13-14H2,1-3H3,(H,28,33). The van der Waals surface area contributed by atoms with E-state index in [9.17, 15) is 9.59 Å². The van der Waals surface area contributed by atoms with Gasteiger partial charge in [-0.2, -0.15) is 9.78 Å². The average Bonchev–Trinajstić information content (AvgIpc) is 3.57. The minimum absolute atomic E-state index is 0.0525. The number of aryl methyl sites for hydroxylation is 2. The maximum absolute atomic E-state index is 13.1. The van der Waals surface area contributed by atoms with E-state index in [1.807, 2.05) is 67.8 Å². The van der Waals surface area contributed by atoms with Crippen molar-refractivity contribution in [3.05, 3.63) is 71.2 Å². The van der Waals surface area contributed by atoms with Gasteiger partial charge >= 0.3 is 0 Å². The fraction of sp³-hybridized carbons (Fsp3) is 0.231. The zero-order valence-corrected chi connectivity index (χ0v) is 20.5. The molecule has 1 saturated heterocycles. The number of ether oxygens (including phenoxy) is 1. The van der Waals surface area contributed by atoms with Crippen LogP contribution < -0.4 is 15.0 Å². The summed E-state index contributed by atoms with van der Waals surface area (Å²) in [6.07, 6.45) is 0.171. The number of aromatic nitrogens is 3. The van der Waals surface area contributed by atoms with Crippen molar-refractivity contribution in [1.82, 2.24) is 14.8 Å². The number of carbonyl (C=O) groups is 2. The van der Waals surface area contributed by atoms with Crippen LogP contribution in [-0.4, -0.2) is 40.2 Å². The van der Waals surface area contributed by atoms with Crippen LogP contribution in [-0.2, 0) is 9.59 Å². The normalized spacial score (nSPS) is 15.5. The first kappa shape index (κ1) is 22.8. The number of nitrogens with zero attached hydrogens (tertiary/aromatic N) is 4. The SMILES string of the molecule is COc1cccc(-c2csc(-n3nc(C)cc3NC(=O)C3CC(=O)N(c4cccc(C)c4)C3)n2)c1. The largest absolute Gasteiger partial charge is 0.497 e. The minimum atomic E-state index is -0.449. The molecule has 8 nitrogen and oxygen atoms in total. The molecule has 0 radical (unpaired) electrons. The van der Waals surface area contributed by atoms with Crippen molar-refractivity contribution in [3.8, 4) is 22.1 Å². The highest BCUT2D eigenvalue weighted by molar-refractivity contribution is 7.12. The molecule has 1 fully saturated rings. The van der Waals surface area contributed by atoms with E-state index in [2.05, 4.69) is 10.4 Å². The Bertz CT molecular complexity index is 1410. The number of anilines is 2. The molecule has 2 aromatic carbocycles. The van der Waals surface area contributed by atoms with Crippen LogP contribution in [0.15, 0.2) is 60.0 Å². The Morgan fingerprint density at radius 2 is 1.97 bits per heavy atom. The average molecular weight is 488 g/mol. The van der Waals surface area contributed by atoms with Gasteiger partial charge in [-0.1, -0.05) is 24.3 Å². The predicted octanol–water partition coefficient (Wildman–Crippen LogP) is 4.61. The van der Waals surface area contributed by atoms with Gasteiger partial charge in [-0.25, -0.2) is 4.98 Å². The lowest BCUT2D eigenvalue weighted by Gasteiger charge is -2.17. The molecule has 35 heavy (non-hydrogen) atoms. The third-order valence-electron chi connectivity index (χ3n) is 5.93. The van der Waals surface area contributed by atoms with Crippen molar-refractivity contribution in [2.45, 2.75) is 20.3 Å². The van der Waals surface area contributed by atoms with Crippen LogP contribution in [0.5, 0.6) is 5.75 Å². The zero-order valence-electron chi connectivity index (χ0n) is 19.7. The molecule has 0 aliphatic carbocycles. The summed E-state index contributed by atoms with van der Waals surface area (Å²) in [5, 5.41) is 10.1. The number of nitrogens with one attached hydrogen (secondary N) is 1. The summed E-state index contributed by atoms with van der Waals surface area (Å²) in [7, 11) is 1.63. The molecule has 1 N–H and O–H groups in total. The highest BCUT2D eigenvalue weighted by Crippen LogP contribution is 2.30. The van der Waals surface area contributed by atoms with Gasteiger partial charge in [0.2, 0.25) is 16.9 Å². The molecular weight excluding hydrogens is 462 g/mol. The molecule has 1 aliphatic heterocycles. The van der Waals surface area contributed by atoms with E-state index in [1.54, 1.807) is 22.8 Å². The first-order valence-corrected chi connectivity index (χ1v) is 12.1. The van der Waals surface area contributed by atoms with Crippen molar-refractivity contribution in [2.24, 2.45) is 5.92 Å². The maximum Gasteiger partial charge on any atom is 0.230 e. The van der Waals surface area contributed by atoms with E-state index in [0.717, 1.165) is 34.0 Å². The molecule has 1 aliphatic rings. The maximum atomic E-state index is 13.1. The number of amides is 2. The summed E-state index contributed by atoms with van der Waals surface area (Å²) in [6, 6.07) is 17.2. The quantitative estimate of drug-likeness (QED) is 0.429. The van der Waals surface area contributed by atoms with Gasteiger partial charge in [-0.15, -0.1) is 11.3 Å². The van der Waals surface area contributed by atoms with Gasteiger partial charge in [0, 0.05) is 35.7 Å². The molecule has 178 valence electrons. The van der Waals surface area contributed by atoms with Crippen LogP contribution in [0.25, 0.3) is 16.4 Å². The van der Waals surface area contributed by atoms with Crippen molar-refractivity contribution in [3.63, 3.8) is 0 Å². The molecule has 0 saturated carbocycles. The molecule has 4 aromatic rings. The zero-order chi connectivity index (χ0) is 24.5. The second-order valence-electron chi connectivity index (χ2n) is 8.56. The number of hydrogen-bond acceptors (Lipinski definition) is 6. The molecule has 0 spiro atoms. The summed E-state index contributed by atoms with van der Waals surface area (Å²) < 4.78 is 6.95. The summed E-state index contributed by atoms with van der Waals surface area (Å²) in [5.41, 5.74) is 4.37. The van der Waals surface area contributed by atoms with E-state index in [4.69, 9.17) is 9.72 Å². The Balaban J connectivity index is 1.34. The second kappa shape index (κ2) is 9.34. The molecule has 1 unspecified atom stereocenters. The van der Waals surface area contributed by atoms with Gasteiger partial charge in [0.15, 0.2) is 0 Å². The first-order chi connectivity index (χ1) is 16.9. The lowest BCUT2D eigenvalue weighted by atomic mass is 10.1. The van der Waals surface area contributed by atoms with Gasteiger partial charge in [0.05, 0.1) is 24.4 Å². The number of carbonyl (C=O) groups excluding carboxylic acids is 2. The van der Waals surface area contributed by atoms with Crippen molar-refractivity contribution in [2.75, 3.05) is 23.9 Å². The molecule has 2 aromatic heterocycles. The Morgan fingerprint density at radius 1 is 1.14 bits per heavy atom. The van der Waals surface area contributed by atoms with Gasteiger partial charge < -0.3 is 15.0 Å². The number of thiazole rings is 1. The topological polar surface area (TPSA) is 89.3 Å². The summed E-state index contributed by atoms with van der Waals surface area (Å²) >= 11 is 1.43. The Kier molecular flexibility index (Phi) is 6.08. The fourth-order valence-electron chi connectivity index (χ4n) is 4.17. The van der Waals surface area contributed by atoms with Crippen LogP contribution in [0.2, 0.25) is 0 Å². The lowest BCUT2D eigenvalue weighted by Crippen LogP contribution is -2.28. The molecule has 9 heteroatoms. The third-order valence-corrected chi connectivity index (χ3v) is 6.75. The lowest BCUT2D eigenvalue weighted by molar-refractivity contribution is -0.122. The molecule has 2 amide bonds. The van der Waals surface area contributed by atoms with Crippen LogP contribution in [0.4, 0.5) is 11.5 Å². The highest BCUT2D eigenvalue weighted by atomic mass is 32.1. The highest BCUT2D eigenvalue weighted by Gasteiger charge is 2.35. The predicted molar refractivity (Wildman–Crippen MR) is 136 cm³/mol. The molecule has 3 heterocycles. The number of hydrogen-bond donors (Lipinski definition) is 1. The van der Waals surface area contributed by atoms with E-state index >= 15 is 0 Å². The Morgan fingerprint density at radius 3 is 2.77 bits per heavy atom. The van der Waals surface area contributed by atoms with Crippen molar-refractivity contribution >= 4 is 34.7 Å². The fourth-order valence-corrected chi connectivity index (χ4v) is 4.96. The van der Waals surface area contributed by atoms with Gasteiger partial charge in [0.1, 0.15) is 11.6 Å². The summed E-state index contributed by atoms with van der Waals surface area (Å²) in [4.78, 5) is 32.2. The number of methoxy groups -OCH3 is 1. The van der Waals surface area contributed by atoms with Gasteiger partial charge in [-0.3, -0.25) is 9.59 Å². The molecule has 5 rings (SSSR count). The van der Waals surface area contributed by atoms with E-state index in [1.165, 1.54) is 11.3 Å². The molecular formula is C26H25N5O3S. The Labute approximate surface area is 207 Å². The molecule has 0 bridgehead atoms. The van der Waals surface area contributed by atoms with Crippen LogP contribution in [0.1, 0.15) is 17.7 Å². The Hall–Kier alpha value is -3.98. The minimum Gasteiger partial charge on any atom is -0.497 e. The van der Waals surface area contributed by atoms with E-state index in [-0.39, 0.29) is 18.2 Å². The third kappa shape index (κ3) is 4.67. The van der Waals surface area contributed by atoms with Crippen molar-refractivity contribution in [1.29, 1.82) is 0 Å². The van der Waals surface area contributed by atoms with Crippen LogP contribution in [0, 0.1) is 19.8 Å². The number of benzene rings is 2. The monoisotopic (exact) mass is 487 g/mol. The van der Waals surface area contributed by atoms with Crippen LogP contribution in [0.3, 0.4) is 0 Å². The second-order valence-corrected chi connectivity index (χ2v) is 9.40. The first-order valence-electron chi connectivity index (χ1n) is 11.3. The smallest absolute Gasteiger partial charge is 0.230 e. The summed E-state index contributed by atoms with van der Waals surface area (Å²) in [5.74, 6) is 0.573. The summed E-state index contributed by atoms with van der Waals surface area (Å²) in [6.45, 7) is 4.19. The van der Waals surface area contributed by atoms with Crippen LogP contribution >= 0.6 is 11.3 Å². The molecule has 1 atom stereocenters. The van der Waals surface area contributed by atoms with Gasteiger partial charge in [0.25, 0.3) is 0 Å².